The first-order valence-electron chi connectivity index (χ1n) is 6.69. The molecule has 0 radical (unpaired) electrons. The number of ether oxygens (including phenoxy) is 1. The molecule has 1 N–H and O–H groups in total. The molecular formula is C15H17NO4S. The molecule has 0 aromatic heterocycles. The van der Waals surface area contributed by atoms with Crippen LogP contribution < -0.4 is 4.74 Å². The van der Waals surface area contributed by atoms with Gasteiger partial charge < -0.3 is 14.7 Å². The molecule has 0 unspecified atom stereocenters. The van der Waals surface area contributed by atoms with E-state index in [2.05, 4.69) is 0 Å². The van der Waals surface area contributed by atoms with E-state index in [1.165, 1.54) is 11.8 Å². The summed E-state index contributed by atoms with van der Waals surface area (Å²) in [6.45, 7) is 2.70. The number of nitrogens with zero attached hydrogens (tertiary/aromatic N) is 1. The molecule has 5 nitrogen and oxygen atoms in total. The van der Waals surface area contributed by atoms with Crippen molar-refractivity contribution >= 4 is 29.3 Å². The molecule has 2 rings (SSSR count). The van der Waals surface area contributed by atoms with Gasteiger partial charge in [-0.25, -0.2) is 0 Å². The lowest BCUT2D eigenvalue weighted by atomic mass is 10.1. The van der Waals surface area contributed by atoms with Crippen molar-refractivity contribution in [3.8, 4) is 5.75 Å². The van der Waals surface area contributed by atoms with Crippen LogP contribution in [0.2, 0.25) is 0 Å². The summed E-state index contributed by atoms with van der Waals surface area (Å²) in [4.78, 5) is 24.3. The number of carboxylic acids is 1. The van der Waals surface area contributed by atoms with Gasteiger partial charge in [0.2, 0.25) is 5.91 Å². The van der Waals surface area contributed by atoms with Crippen molar-refractivity contribution in [3.05, 3.63) is 35.2 Å². The Labute approximate surface area is 127 Å². The molecule has 6 heteroatoms. The van der Waals surface area contributed by atoms with Gasteiger partial charge in [0.15, 0.2) is 0 Å². The summed E-state index contributed by atoms with van der Waals surface area (Å²) in [6, 6.07) is 7.45. The summed E-state index contributed by atoms with van der Waals surface area (Å²) in [7, 11) is 0. The van der Waals surface area contributed by atoms with Crippen molar-refractivity contribution in [2.75, 3.05) is 18.9 Å². The van der Waals surface area contributed by atoms with Crippen LogP contribution in [0.25, 0.3) is 5.70 Å². The minimum Gasteiger partial charge on any atom is -0.494 e. The first-order chi connectivity index (χ1) is 10.1. The van der Waals surface area contributed by atoms with Crippen LogP contribution in [-0.4, -0.2) is 40.8 Å². The van der Waals surface area contributed by atoms with Gasteiger partial charge >= 0.3 is 5.97 Å². The van der Waals surface area contributed by atoms with E-state index in [9.17, 15) is 9.59 Å². The van der Waals surface area contributed by atoms with Crippen molar-refractivity contribution < 1.29 is 19.4 Å². The Hall–Kier alpha value is -1.95. The van der Waals surface area contributed by atoms with Crippen LogP contribution in [0.1, 0.15) is 18.9 Å². The van der Waals surface area contributed by atoms with E-state index in [-0.39, 0.29) is 18.9 Å². The number of carbonyl (C=O) groups excluding carboxylic acids is 1. The molecule has 0 atom stereocenters. The zero-order chi connectivity index (χ0) is 15.2. The number of carbonyl (C=O) groups is 2. The summed E-state index contributed by atoms with van der Waals surface area (Å²) < 4.78 is 5.39. The second kappa shape index (κ2) is 7.17. The van der Waals surface area contributed by atoms with Crippen molar-refractivity contribution in [1.29, 1.82) is 0 Å². The van der Waals surface area contributed by atoms with E-state index in [4.69, 9.17) is 9.84 Å². The number of carboxylic acid groups (broad SMARTS) is 1. The van der Waals surface area contributed by atoms with Crippen LogP contribution in [0.15, 0.2) is 29.7 Å². The normalized spacial score (nSPS) is 14.8. The largest absolute Gasteiger partial charge is 0.494 e. The SMILES string of the molecule is CCOc1ccc(C2=CSCC(=O)N2CCC(=O)O)cc1. The molecule has 0 fully saturated rings. The number of aliphatic carboxylic acids is 1. The molecule has 0 saturated carbocycles. The van der Waals surface area contributed by atoms with Gasteiger partial charge in [0.1, 0.15) is 5.75 Å². The van der Waals surface area contributed by atoms with Gasteiger partial charge in [0.05, 0.1) is 24.5 Å². The minimum atomic E-state index is -0.910. The van der Waals surface area contributed by atoms with Crippen LogP contribution in [0.5, 0.6) is 5.75 Å². The van der Waals surface area contributed by atoms with Crippen LogP contribution in [0.3, 0.4) is 0 Å². The molecule has 0 saturated heterocycles. The molecule has 0 aliphatic carbocycles. The fourth-order valence-electron chi connectivity index (χ4n) is 2.03. The molecule has 0 bridgehead atoms. The van der Waals surface area contributed by atoms with E-state index < -0.39 is 5.97 Å². The molecule has 1 amide bonds. The van der Waals surface area contributed by atoms with Crippen molar-refractivity contribution in [3.63, 3.8) is 0 Å². The summed E-state index contributed by atoms with van der Waals surface area (Å²) in [5.74, 6) is 0.147. The molecule has 1 aliphatic heterocycles. The quantitative estimate of drug-likeness (QED) is 0.874. The monoisotopic (exact) mass is 307 g/mol. The molecule has 1 aliphatic rings. The number of benzene rings is 1. The van der Waals surface area contributed by atoms with E-state index in [0.29, 0.717) is 12.4 Å². The Balaban J connectivity index is 2.19. The lowest BCUT2D eigenvalue weighted by Gasteiger charge is -2.28. The predicted molar refractivity (Wildman–Crippen MR) is 82.0 cm³/mol. The number of rotatable bonds is 6. The Morgan fingerprint density at radius 3 is 2.71 bits per heavy atom. The van der Waals surface area contributed by atoms with Gasteiger partial charge in [0, 0.05) is 6.54 Å². The Bertz CT molecular complexity index is 553. The molecule has 1 heterocycles. The van der Waals surface area contributed by atoms with E-state index in [0.717, 1.165) is 17.0 Å². The van der Waals surface area contributed by atoms with Crippen LogP contribution in [0, 0.1) is 0 Å². The van der Waals surface area contributed by atoms with E-state index in [1.54, 1.807) is 4.90 Å². The highest BCUT2D eigenvalue weighted by Gasteiger charge is 2.23. The van der Waals surface area contributed by atoms with Crippen molar-refractivity contribution in [2.24, 2.45) is 0 Å². The maximum atomic E-state index is 12.0. The second-order valence-corrected chi connectivity index (χ2v) is 5.32. The lowest BCUT2D eigenvalue weighted by Crippen LogP contribution is -2.34. The third-order valence-corrected chi connectivity index (χ3v) is 3.81. The Kier molecular flexibility index (Phi) is 5.27. The van der Waals surface area contributed by atoms with Gasteiger partial charge in [-0.3, -0.25) is 9.59 Å². The summed E-state index contributed by atoms with van der Waals surface area (Å²) in [5.41, 5.74) is 1.63. The van der Waals surface area contributed by atoms with Gasteiger partial charge in [-0.05, 0) is 42.2 Å². The molecule has 21 heavy (non-hydrogen) atoms. The minimum absolute atomic E-state index is 0.0624. The number of hydrogen-bond acceptors (Lipinski definition) is 4. The lowest BCUT2D eigenvalue weighted by molar-refractivity contribution is -0.137. The highest BCUT2D eigenvalue weighted by Crippen LogP contribution is 2.29. The molecule has 1 aromatic rings. The second-order valence-electron chi connectivity index (χ2n) is 4.46. The average molecular weight is 307 g/mol. The van der Waals surface area contributed by atoms with Crippen molar-refractivity contribution in [2.45, 2.75) is 13.3 Å². The van der Waals surface area contributed by atoms with Crippen LogP contribution in [0.4, 0.5) is 0 Å². The first-order valence-corrected chi connectivity index (χ1v) is 7.74. The third kappa shape index (κ3) is 4.01. The average Bonchev–Trinajstić information content (AvgIpc) is 2.47. The smallest absolute Gasteiger partial charge is 0.305 e. The van der Waals surface area contributed by atoms with Crippen molar-refractivity contribution in [1.82, 2.24) is 4.90 Å². The Morgan fingerprint density at radius 1 is 1.38 bits per heavy atom. The molecular weight excluding hydrogens is 290 g/mol. The standard InChI is InChI=1S/C15H17NO4S/c1-2-20-12-5-3-11(4-6-12)13-9-21-10-14(17)16(13)8-7-15(18)19/h3-6,9H,2,7-8,10H2,1H3,(H,18,19). The Morgan fingerprint density at radius 2 is 2.10 bits per heavy atom. The third-order valence-electron chi connectivity index (χ3n) is 3.00. The topological polar surface area (TPSA) is 66.8 Å². The number of amides is 1. The zero-order valence-corrected chi connectivity index (χ0v) is 12.6. The highest BCUT2D eigenvalue weighted by molar-refractivity contribution is 8.03. The fourth-order valence-corrected chi connectivity index (χ4v) is 2.84. The fraction of sp³-hybridized carbons (Fsp3) is 0.333. The summed E-state index contributed by atoms with van der Waals surface area (Å²) in [6.07, 6.45) is -0.0647. The first kappa shape index (κ1) is 15.4. The van der Waals surface area contributed by atoms with E-state index >= 15 is 0 Å². The molecule has 112 valence electrons. The van der Waals surface area contributed by atoms with Gasteiger partial charge in [-0.15, -0.1) is 11.8 Å². The van der Waals surface area contributed by atoms with Crippen LogP contribution >= 0.6 is 11.8 Å². The van der Waals surface area contributed by atoms with Gasteiger partial charge in [-0.2, -0.15) is 0 Å². The molecule has 1 aromatic carbocycles. The maximum Gasteiger partial charge on any atom is 0.305 e. The number of thioether (sulfide) groups is 1. The number of hydrogen-bond donors (Lipinski definition) is 1. The summed E-state index contributed by atoms with van der Waals surface area (Å²) >= 11 is 1.43. The van der Waals surface area contributed by atoms with Crippen LogP contribution in [-0.2, 0) is 9.59 Å². The highest BCUT2D eigenvalue weighted by atomic mass is 32.2. The maximum absolute atomic E-state index is 12.0. The predicted octanol–water partition coefficient (Wildman–Crippen LogP) is 2.43. The van der Waals surface area contributed by atoms with Gasteiger partial charge in [0.25, 0.3) is 0 Å². The van der Waals surface area contributed by atoms with E-state index in [1.807, 2.05) is 36.6 Å². The zero-order valence-electron chi connectivity index (χ0n) is 11.7. The summed E-state index contributed by atoms with van der Waals surface area (Å²) in [5, 5.41) is 10.7. The molecule has 0 spiro atoms. The van der Waals surface area contributed by atoms with Gasteiger partial charge in [-0.1, -0.05) is 0 Å².